The number of allylic oxidation sites excluding steroid dienone is 10. The third kappa shape index (κ3) is 7.82. The molecule has 0 heterocycles. The summed E-state index contributed by atoms with van der Waals surface area (Å²) in [5, 5.41) is 5.19. The lowest BCUT2D eigenvalue weighted by atomic mass is 9.79. The molecule has 0 saturated carbocycles. The molecule has 15 nitrogen and oxygen atoms in total. The molecule has 4 unspecified atom stereocenters. The number of carbonyl (C=O) groups excluding carboxylic acids is 5. The van der Waals surface area contributed by atoms with Gasteiger partial charge in [-0.15, -0.1) is 0 Å². The molecule has 0 saturated heterocycles. The SMILES string of the molecule is O=C(Nc1ccc(C(=O)N=C2C=CC3C=C(S(=O)(=O)O)C=CC3C2=O)cc1)Nc1ccc(C(=O)N=C2C=CC3C=C(S(=O)(=O)O)C=CC3C2=O)cc1. The molecule has 2 aromatic carbocycles. The second-order valence-corrected chi connectivity index (χ2v) is 14.6. The molecule has 4 aliphatic rings. The van der Waals surface area contributed by atoms with E-state index in [4.69, 9.17) is 0 Å². The highest BCUT2D eigenvalue weighted by molar-refractivity contribution is 7.90. The predicted octanol–water partition coefficient (Wildman–Crippen LogP) is 3.92. The quantitative estimate of drug-likeness (QED) is 0.309. The van der Waals surface area contributed by atoms with Crippen LogP contribution in [0.3, 0.4) is 0 Å². The number of benzene rings is 2. The zero-order valence-corrected chi connectivity index (χ0v) is 28.1. The van der Waals surface area contributed by atoms with Gasteiger partial charge < -0.3 is 10.6 Å². The molecular formula is C35H26N4O11S2. The van der Waals surface area contributed by atoms with Gasteiger partial charge in [0.15, 0.2) is 11.6 Å². The summed E-state index contributed by atoms with van der Waals surface area (Å²) in [6, 6.07) is 10.7. The van der Waals surface area contributed by atoms with Crippen LogP contribution in [0.15, 0.2) is 129 Å². The van der Waals surface area contributed by atoms with Crippen LogP contribution in [-0.2, 0) is 29.8 Å². The van der Waals surface area contributed by atoms with Gasteiger partial charge in [-0.2, -0.15) is 16.8 Å². The van der Waals surface area contributed by atoms with E-state index < -0.39 is 73.3 Å². The Balaban J connectivity index is 1.03. The van der Waals surface area contributed by atoms with Crippen LogP contribution < -0.4 is 10.6 Å². The first-order chi connectivity index (χ1) is 24.6. The standard InChI is InChI=1S/C35H26N4O11S2/c40-31-27-13-11-25(51(45,46)47)17-21(27)5-15-29(31)38-33(42)19-1-7-23(8-2-19)36-35(44)37-24-9-3-20(4-10-24)34(43)39-30-16-6-22-18-26(52(48,49)50)12-14-28(22)32(30)41/h1-18,21-22,27-28H,(H2,36,37,44)(H,45,46,47)(H,48,49,50). The Kier molecular flexibility index (Phi) is 9.61. The van der Waals surface area contributed by atoms with Crippen molar-refractivity contribution in [1.29, 1.82) is 0 Å². The van der Waals surface area contributed by atoms with E-state index in [1.807, 2.05) is 0 Å². The summed E-state index contributed by atoms with van der Waals surface area (Å²) < 4.78 is 64.1. The molecule has 0 spiro atoms. The number of urea groups is 1. The van der Waals surface area contributed by atoms with Crippen molar-refractivity contribution in [2.75, 3.05) is 10.6 Å². The van der Waals surface area contributed by atoms with E-state index in [1.165, 1.54) is 97.1 Å². The summed E-state index contributed by atoms with van der Waals surface area (Å²) in [5.41, 5.74) is 0.655. The monoisotopic (exact) mass is 742 g/mol. The van der Waals surface area contributed by atoms with Gasteiger partial charge in [-0.3, -0.25) is 28.3 Å². The van der Waals surface area contributed by atoms with Crippen LogP contribution in [0, 0.1) is 23.7 Å². The second kappa shape index (κ2) is 14.0. The number of anilines is 2. The first-order valence-electron chi connectivity index (χ1n) is 15.3. The van der Waals surface area contributed by atoms with Crippen molar-refractivity contribution in [1.82, 2.24) is 0 Å². The summed E-state index contributed by atoms with van der Waals surface area (Å²) in [5.74, 6) is -5.23. The molecule has 0 bridgehead atoms. The summed E-state index contributed by atoms with van der Waals surface area (Å²) >= 11 is 0. The van der Waals surface area contributed by atoms with Gasteiger partial charge in [0, 0.05) is 34.3 Å². The second-order valence-electron chi connectivity index (χ2n) is 11.8. The molecule has 4 N–H and O–H groups in total. The third-order valence-electron chi connectivity index (χ3n) is 8.36. The number of nitrogens with zero attached hydrogens (tertiary/aromatic N) is 2. The van der Waals surface area contributed by atoms with E-state index in [-0.39, 0.29) is 32.4 Å². The van der Waals surface area contributed by atoms with E-state index in [0.29, 0.717) is 11.4 Å². The van der Waals surface area contributed by atoms with Crippen molar-refractivity contribution >= 4 is 72.4 Å². The van der Waals surface area contributed by atoms with Crippen LogP contribution in [0.1, 0.15) is 20.7 Å². The van der Waals surface area contributed by atoms with Crippen LogP contribution in [0.25, 0.3) is 0 Å². The smallest absolute Gasteiger partial charge is 0.308 e. The molecule has 4 aliphatic carbocycles. The average Bonchev–Trinajstić information content (AvgIpc) is 3.10. The molecule has 17 heteroatoms. The number of amides is 4. The Hall–Kier alpha value is -6.01. The van der Waals surface area contributed by atoms with E-state index in [0.717, 1.165) is 12.2 Å². The molecule has 0 aromatic heterocycles. The summed E-state index contributed by atoms with van der Waals surface area (Å²) in [6.07, 6.45) is 13.1. The normalized spacial score (nSPS) is 23.8. The average molecular weight is 743 g/mol. The largest absolute Gasteiger partial charge is 0.323 e. The highest BCUT2D eigenvalue weighted by atomic mass is 32.2. The van der Waals surface area contributed by atoms with Gasteiger partial charge >= 0.3 is 6.03 Å². The predicted molar refractivity (Wildman–Crippen MR) is 189 cm³/mol. The maximum absolute atomic E-state index is 12.9. The zero-order chi connectivity index (χ0) is 37.4. The van der Waals surface area contributed by atoms with Crippen molar-refractivity contribution in [2.24, 2.45) is 33.7 Å². The summed E-state index contributed by atoms with van der Waals surface area (Å²) in [6.45, 7) is 0. The van der Waals surface area contributed by atoms with E-state index in [9.17, 15) is 49.9 Å². The fraction of sp³-hybridized carbons (Fsp3) is 0.114. The van der Waals surface area contributed by atoms with Crippen LogP contribution >= 0.6 is 0 Å². The van der Waals surface area contributed by atoms with E-state index in [2.05, 4.69) is 20.6 Å². The van der Waals surface area contributed by atoms with E-state index >= 15 is 0 Å². The number of hydrogen-bond acceptors (Lipinski definition) is 9. The van der Waals surface area contributed by atoms with Gasteiger partial charge in [0.2, 0.25) is 0 Å². The number of rotatable bonds is 6. The van der Waals surface area contributed by atoms with Gasteiger partial charge in [0.25, 0.3) is 32.1 Å². The molecule has 4 amide bonds. The molecule has 264 valence electrons. The van der Waals surface area contributed by atoms with Crippen LogP contribution in [-0.4, -0.2) is 66.8 Å². The molecule has 2 aromatic rings. The van der Waals surface area contributed by atoms with Gasteiger partial charge in [0.1, 0.15) is 11.4 Å². The third-order valence-corrected chi connectivity index (χ3v) is 10.1. The maximum atomic E-state index is 12.9. The minimum atomic E-state index is -4.43. The fourth-order valence-electron chi connectivity index (χ4n) is 5.70. The summed E-state index contributed by atoms with van der Waals surface area (Å²) in [4.78, 5) is 71.1. The number of Topliss-reactive ketones (excluding diaryl/α,β-unsaturated/α-hetero) is 2. The van der Waals surface area contributed by atoms with Gasteiger partial charge in [-0.1, -0.05) is 36.5 Å². The number of carbonyl (C=O) groups is 5. The minimum Gasteiger partial charge on any atom is -0.308 e. The lowest BCUT2D eigenvalue weighted by molar-refractivity contribution is -0.116. The number of ketones is 2. The van der Waals surface area contributed by atoms with Crippen molar-refractivity contribution in [3.63, 3.8) is 0 Å². The summed E-state index contributed by atoms with van der Waals surface area (Å²) in [7, 11) is -8.87. The Bertz CT molecular complexity index is 2230. The van der Waals surface area contributed by atoms with Crippen molar-refractivity contribution in [2.45, 2.75) is 0 Å². The number of fused-ring (bicyclic) bond motifs is 2. The van der Waals surface area contributed by atoms with Crippen molar-refractivity contribution in [3.8, 4) is 0 Å². The van der Waals surface area contributed by atoms with Crippen molar-refractivity contribution in [3.05, 3.63) is 130 Å². The zero-order valence-electron chi connectivity index (χ0n) is 26.5. The Morgan fingerprint density at radius 1 is 0.558 bits per heavy atom. The first-order valence-corrected chi connectivity index (χ1v) is 18.2. The number of aliphatic imine (C=N–C) groups is 2. The highest BCUT2D eigenvalue weighted by Gasteiger charge is 2.35. The Morgan fingerprint density at radius 3 is 1.27 bits per heavy atom. The van der Waals surface area contributed by atoms with E-state index in [1.54, 1.807) is 0 Å². The van der Waals surface area contributed by atoms with Gasteiger partial charge in [-0.25, -0.2) is 14.8 Å². The fourth-order valence-corrected chi connectivity index (χ4v) is 6.86. The lowest BCUT2D eigenvalue weighted by Crippen LogP contribution is -2.32. The van der Waals surface area contributed by atoms with Gasteiger partial charge in [-0.05, 0) is 72.8 Å². The molecule has 0 aliphatic heterocycles. The minimum absolute atomic E-state index is 0.118. The van der Waals surface area contributed by atoms with Crippen LogP contribution in [0.2, 0.25) is 0 Å². The molecule has 6 rings (SSSR count). The molecule has 0 fully saturated rings. The number of nitrogens with one attached hydrogen (secondary N) is 2. The maximum Gasteiger partial charge on any atom is 0.323 e. The lowest BCUT2D eigenvalue weighted by Gasteiger charge is -2.25. The molecule has 4 atom stereocenters. The first kappa shape index (κ1) is 35.8. The number of hydrogen-bond donors (Lipinski definition) is 4. The Morgan fingerprint density at radius 2 is 0.923 bits per heavy atom. The topological polar surface area (TPSA) is 243 Å². The van der Waals surface area contributed by atoms with Gasteiger partial charge in [0.05, 0.1) is 21.6 Å². The molecule has 52 heavy (non-hydrogen) atoms. The van der Waals surface area contributed by atoms with Crippen LogP contribution in [0.5, 0.6) is 0 Å². The Labute approximate surface area is 296 Å². The van der Waals surface area contributed by atoms with Crippen LogP contribution in [0.4, 0.5) is 16.2 Å². The molecular weight excluding hydrogens is 717 g/mol. The molecule has 0 radical (unpaired) electrons. The van der Waals surface area contributed by atoms with Crippen molar-refractivity contribution < 1.29 is 49.9 Å². The highest BCUT2D eigenvalue weighted by Crippen LogP contribution is 2.32.